The molecule has 0 aromatic heterocycles. The summed E-state index contributed by atoms with van der Waals surface area (Å²) in [5, 5.41) is 11.6. The van der Waals surface area contributed by atoms with Crippen molar-refractivity contribution in [3.63, 3.8) is 0 Å². The Balaban J connectivity index is 2.12. The van der Waals surface area contributed by atoms with Crippen molar-refractivity contribution in [2.45, 2.75) is 18.9 Å². The molecule has 1 aliphatic rings. The molecule has 0 saturated carbocycles. The molecular weight excluding hydrogens is 265 g/mol. The number of carbonyl (C=O) groups excluding carboxylic acids is 1. The summed E-state index contributed by atoms with van der Waals surface area (Å²) in [7, 11) is 0. The molecule has 1 aromatic rings. The second kappa shape index (κ2) is 6.47. The highest BCUT2D eigenvalue weighted by Crippen LogP contribution is 2.20. The van der Waals surface area contributed by atoms with Gasteiger partial charge in [0.05, 0.1) is 12.5 Å². The van der Waals surface area contributed by atoms with Gasteiger partial charge in [-0.2, -0.15) is 0 Å². The number of ether oxygens (including phenoxy) is 1. The van der Waals surface area contributed by atoms with E-state index in [2.05, 4.69) is 5.32 Å². The summed E-state index contributed by atoms with van der Waals surface area (Å²) in [6.45, 7) is 0.884. The monoisotopic (exact) mass is 281 g/mol. The van der Waals surface area contributed by atoms with Crippen LogP contribution in [0.4, 0.5) is 4.39 Å². The van der Waals surface area contributed by atoms with Gasteiger partial charge in [0.15, 0.2) is 6.04 Å². The average molecular weight is 281 g/mol. The van der Waals surface area contributed by atoms with Gasteiger partial charge in [0.1, 0.15) is 5.82 Å². The van der Waals surface area contributed by atoms with Gasteiger partial charge in [-0.15, -0.1) is 0 Å². The number of hydrogen-bond acceptors (Lipinski definition) is 3. The predicted octanol–water partition coefficient (Wildman–Crippen LogP) is 1.49. The van der Waals surface area contributed by atoms with Crippen molar-refractivity contribution in [1.29, 1.82) is 0 Å². The van der Waals surface area contributed by atoms with Crippen LogP contribution in [0.1, 0.15) is 24.4 Å². The van der Waals surface area contributed by atoms with Crippen LogP contribution in [0, 0.1) is 11.7 Å². The zero-order valence-electron chi connectivity index (χ0n) is 10.8. The maximum atomic E-state index is 13.7. The lowest BCUT2D eigenvalue weighted by molar-refractivity contribution is -0.143. The molecule has 2 rings (SSSR count). The second-order valence-corrected chi connectivity index (χ2v) is 4.72. The van der Waals surface area contributed by atoms with Crippen LogP contribution in [0.15, 0.2) is 24.3 Å². The first-order valence-corrected chi connectivity index (χ1v) is 6.45. The highest BCUT2D eigenvalue weighted by atomic mass is 19.1. The molecule has 1 aliphatic heterocycles. The van der Waals surface area contributed by atoms with Crippen LogP contribution in [-0.4, -0.2) is 30.2 Å². The van der Waals surface area contributed by atoms with Crippen LogP contribution in [0.3, 0.4) is 0 Å². The molecule has 2 atom stereocenters. The van der Waals surface area contributed by atoms with Crippen molar-refractivity contribution in [2.75, 3.05) is 13.2 Å². The number of carbonyl (C=O) groups is 2. The summed E-state index contributed by atoms with van der Waals surface area (Å²) >= 11 is 0. The first kappa shape index (κ1) is 14.5. The summed E-state index contributed by atoms with van der Waals surface area (Å²) < 4.78 is 18.8. The maximum absolute atomic E-state index is 13.7. The Kier molecular flexibility index (Phi) is 4.68. The summed E-state index contributed by atoms with van der Waals surface area (Å²) in [4.78, 5) is 23.3. The third-order valence-corrected chi connectivity index (χ3v) is 3.28. The molecule has 20 heavy (non-hydrogen) atoms. The smallest absolute Gasteiger partial charge is 0.331 e. The highest BCUT2D eigenvalue weighted by molar-refractivity contribution is 5.86. The van der Waals surface area contributed by atoms with E-state index in [0.29, 0.717) is 13.0 Å². The van der Waals surface area contributed by atoms with Gasteiger partial charge in [0.25, 0.3) is 0 Å². The Morgan fingerprint density at radius 2 is 2.15 bits per heavy atom. The molecule has 1 aromatic carbocycles. The minimum atomic E-state index is -1.38. The lowest BCUT2D eigenvalue weighted by Crippen LogP contribution is -2.40. The molecule has 1 saturated heterocycles. The number of carboxylic acids is 1. The van der Waals surface area contributed by atoms with E-state index in [1.54, 1.807) is 0 Å². The summed E-state index contributed by atoms with van der Waals surface area (Å²) in [5.74, 6) is -2.74. The largest absolute Gasteiger partial charge is 0.479 e. The van der Waals surface area contributed by atoms with Crippen LogP contribution >= 0.6 is 0 Å². The van der Waals surface area contributed by atoms with Gasteiger partial charge in [-0.05, 0) is 18.9 Å². The first-order chi connectivity index (χ1) is 9.59. The summed E-state index contributed by atoms with van der Waals surface area (Å²) in [6, 6.07) is 4.14. The predicted molar refractivity (Wildman–Crippen MR) is 68.5 cm³/mol. The normalized spacial score (nSPS) is 20.1. The molecule has 2 unspecified atom stereocenters. The van der Waals surface area contributed by atoms with Crippen LogP contribution in [-0.2, 0) is 14.3 Å². The number of aliphatic carboxylic acids is 1. The SMILES string of the molecule is O=C(NC(C(=O)O)c1ccccc1F)C1CCCOC1. The second-order valence-electron chi connectivity index (χ2n) is 4.72. The molecule has 1 fully saturated rings. The molecule has 1 heterocycles. The van der Waals surface area contributed by atoms with Gasteiger partial charge in [-0.25, -0.2) is 9.18 Å². The van der Waals surface area contributed by atoms with Gasteiger partial charge in [0, 0.05) is 12.2 Å². The number of benzene rings is 1. The van der Waals surface area contributed by atoms with Crippen LogP contribution in [0.25, 0.3) is 0 Å². The molecule has 1 amide bonds. The van der Waals surface area contributed by atoms with E-state index in [1.165, 1.54) is 24.3 Å². The molecule has 0 aliphatic carbocycles. The Morgan fingerprint density at radius 3 is 2.75 bits per heavy atom. The van der Waals surface area contributed by atoms with Crippen molar-refractivity contribution in [3.8, 4) is 0 Å². The Labute approximate surface area is 115 Å². The maximum Gasteiger partial charge on any atom is 0.331 e. The number of hydrogen-bond donors (Lipinski definition) is 2. The van der Waals surface area contributed by atoms with Gasteiger partial charge in [-0.3, -0.25) is 4.79 Å². The Bertz CT molecular complexity index is 500. The van der Waals surface area contributed by atoms with E-state index in [1.807, 2.05) is 0 Å². The average Bonchev–Trinajstić information content (AvgIpc) is 2.46. The number of nitrogens with one attached hydrogen (secondary N) is 1. The molecule has 0 bridgehead atoms. The van der Waals surface area contributed by atoms with Crippen molar-refractivity contribution in [1.82, 2.24) is 5.32 Å². The first-order valence-electron chi connectivity index (χ1n) is 6.45. The van der Waals surface area contributed by atoms with E-state index in [4.69, 9.17) is 4.74 Å². The number of amides is 1. The molecular formula is C14H16FNO4. The quantitative estimate of drug-likeness (QED) is 0.877. The molecule has 2 N–H and O–H groups in total. The van der Waals surface area contributed by atoms with Crippen LogP contribution in [0.5, 0.6) is 0 Å². The minimum absolute atomic E-state index is 0.0509. The topological polar surface area (TPSA) is 75.6 Å². The van der Waals surface area contributed by atoms with Crippen molar-refractivity contribution in [3.05, 3.63) is 35.6 Å². The Hall–Kier alpha value is -1.95. The standard InChI is InChI=1S/C14H16FNO4/c15-11-6-2-1-5-10(11)12(14(18)19)16-13(17)9-4-3-7-20-8-9/h1-2,5-6,9,12H,3-4,7-8H2,(H,16,17)(H,18,19). The zero-order chi connectivity index (χ0) is 14.5. The third kappa shape index (κ3) is 3.33. The lowest BCUT2D eigenvalue weighted by atomic mass is 9.99. The van der Waals surface area contributed by atoms with Crippen molar-refractivity contribution in [2.24, 2.45) is 5.92 Å². The van der Waals surface area contributed by atoms with Crippen LogP contribution in [0.2, 0.25) is 0 Å². The number of carboxylic acid groups (broad SMARTS) is 1. The molecule has 5 nitrogen and oxygen atoms in total. The van der Waals surface area contributed by atoms with E-state index >= 15 is 0 Å². The highest BCUT2D eigenvalue weighted by Gasteiger charge is 2.29. The van der Waals surface area contributed by atoms with Crippen molar-refractivity contribution >= 4 is 11.9 Å². The van der Waals surface area contributed by atoms with E-state index in [9.17, 15) is 19.1 Å². The third-order valence-electron chi connectivity index (χ3n) is 3.28. The zero-order valence-corrected chi connectivity index (χ0v) is 10.8. The molecule has 6 heteroatoms. The minimum Gasteiger partial charge on any atom is -0.479 e. The van der Waals surface area contributed by atoms with Gasteiger partial charge in [0.2, 0.25) is 5.91 Å². The van der Waals surface area contributed by atoms with E-state index < -0.39 is 23.7 Å². The molecule has 0 radical (unpaired) electrons. The Morgan fingerprint density at radius 1 is 1.40 bits per heavy atom. The number of halogens is 1. The lowest BCUT2D eigenvalue weighted by Gasteiger charge is -2.23. The summed E-state index contributed by atoms with van der Waals surface area (Å²) in [6.07, 6.45) is 1.41. The van der Waals surface area contributed by atoms with Gasteiger partial charge >= 0.3 is 5.97 Å². The summed E-state index contributed by atoms with van der Waals surface area (Å²) in [5.41, 5.74) is -0.0509. The number of rotatable bonds is 4. The van der Waals surface area contributed by atoms with Gasteiger partial charge < -0.3 is 15.2 Å². The fraction of sp³-hybridized carbons (Fsp3) is 0.429. The van der Waals surface area contributed by atoms with E-state index in [0.717, 1.165) is 6.42 Å². The fourth-order valence-corrected chi connectivity index (χ4v) is 2.19. The molecule has 0 spiro atoms. The fourth-order valence-electron chi connectivity index (χ4n) is 2.19. The van der Waals surface area contributed by atoms with Crippen LogP contribution < -0.4 is 5.32 Å². The van der Waals surface area contributed by atoms with E-state index in [-0.39, 0.29) is 18.1 Å². The van der Waals surface area contributed by atoms with Gasteiger partial charge in [-0.1, -0.05) is 18.2 Å². The molecule has 108 valence electrons. The van der Waals surface area contributed by atoms with Crippen molar-refractivity contribution < 1.29 is 23.8 Å².